The molecule has 3 heterocycles. The van der Waals surface area contributed by atoms with Crippen molar-refractivity contribution in [1.29, 1.82) is 0 Å². The summed E-state index contributed by atoms with van der Waals surface area (Å²) < 4.78 is 0. The van der Waals surface area contributed by atoms with E-state index < -0.39 is 12.1 Å². The highest BCUT2D eigenvalue weighted by molar-refractivity contribution is 6.30. The number of nitrogens with one attached hydrogen (secondary N) is 1. The van der Waals surface area contributed by atoms with Crippen LogP contribution in [0.25, 0.3) is 0 Å². The molecule has 224 valence electrons. The summed E-state index contributed by atoms with van der Waals surface area (Å²) in [4.78, 5) is 35.4. The van der Waals surface area contributed by atoms with E-state index >= 15 is 0 Å². The number of piperazine rings is 1. The van der Waals surface area contributed by atoms with E-state index in [0.29, 0.717) is 36.5 Å². The Labute approximate surface area is 250 Å². The van der Waals surface area contributed by atoms with Gasteiger partial charge < -0.3 is 20.9 Å². The van der Waals surface area contributed by atoms with Crippen LogP contribution in [-0.2, 0) is 16.0 Å². The number of benzene rings is 1. The van der Waals surface area contributed by atoms with E-state index in [1.165, 1.54) is 0 Å². The largest absolute Gasteiger partial charge is 0.344 e. The van der Waals surface area contributed by atoms with Crippen LogP contribution >= 0.6 is 11.6 Å². The van der Waals surface area contributed by atoms with Crippen LogP contribution in [0.1, 0.15) is 50.3 Å². The first kappa shape index (κ1) is 31.4. The first-order valence-electron chi connectivity index (χ1n) is 14.9. The second-order valence-electron chi connectivity index (χ2n) is 11.9. The summed E-state index contributed by atoms with van der Waals surface area (Å²) in [6, 6.07) is 10.3. The molecule has 0 radical (unpaired) electrons. The van der Waals surface area contributed by atoms with Gasteiger partial charge in [-0.2, -0.15) is 0 Å². The molecule has 2 amide bonds. The molecule has 4 rings (SSSR count). The summed E-state index contributed by atoms with van der Waals surface area (Å²) in [5.41, 5.74) is 8.02. The number of hydrazine groups is 1. The molecule has 1 aromatic carbocycles. The van der Waals surface area contributed by atoms with Gasteiger partial charge in [0.25, 0.3) is 0 Å². The number of hydrogen-bond donors (Lipinski definition) is 2. The Balaban J connectivity index is 1.41. The van der Waals surface area contributed by atoms with Crippen molar-refractivity contribution in [3.63, 3.8) is 0 Å². The third-order valence-electron chi connectivity index (χ3n) is 8.10. The van der Waals surface area contributed by atoms with Gasteiger partial charge in [-0.25, -0.2) is 10.0 Å². The van der Waals surface area contributed by atoms with Gasteiger partial charge in [0.05, 0.1) is 0 Å². The van der Waals surface area contributed by atoms with Crippen LogP contribution in [0.3, 0.4) is 0 Å². The number of amides is 2. The fourth-order valence-corrected chi connectivity index (χ4v) is 5.88. The first-order chi connectivity index (χ1) is 19.7. The number of halogens is 1. The Morgan fingerprint density at radius 3 is 2.37 bits per heavy atom. The van der Waals surface area contributed by atoms with Crippen molar-refractivity contribution in [2.24, 2.45) is 11.7 Å². The second-order valence-corrected chi connectivity index (χ2v) is 12.3. The molecule has 0 spiro atoms. The minimum atomic E-state index is -0.675. The van der Waals surface area contributed by atoms with E-state index in [2.05, 4.69) is 46.1 Å². The van der Waals surface area contributed by atoms with Crippen LogP contribution in [0.5, 0.6) is 0 Å². The quantitative estimate of drug-likeness (QED) is 0.420. The predicted molar refractivity (Wildman–Crippen MR) is 163 cm³/mol. The molecule has 3 N–H and O–H groups in total. The van der Waals surface area contributed by atoms with Crippen molar-refractivity contribution in [3.8, 4) is 0 Å². The van der Waals surface area contributed by atoms with E-state index in [4.69, 9.17) is 17.3 Å². The van der Waals surface area contributed by atoms with E-state index in [-0.39, 0.29) is 18.2 Å². The summed E-state index contributed by atoms with van der Waals surface area (Å²) in [5, 5.41) is 8.74. The molecular weight excluding hydrogens is 538 g/mol. The Kier molecular flexibility index (Phi) is 11.5. The molecule has 2 aromatic rings. The molecule has 2 aliphatic rings. The molecule has 1 aromatic heterocycles. The monoisotopic (exact) mass is 583 g/mol. The fourth-order valence-electron chi connectivity index (χ4n) is 5.75. The molecule has 41 heavy (non-hydrogen) atoms. The molecule has 0 bridgehead atoms. The lowest BCUT2D eigenvalue weighted by molar-refractivity contribution is -0.140. The number of hydrogen-bond acceptors (Lipinski definition) is 7. The second kappa shape index (κ2) is 15.1. The molecule has 9 nitrogen and oxygen atoms in total. The van der Waals surface area contributed by atoms with E-state index in [1.807, 2.05) is 35.2 Å². The highest BCUT2D eigenvalue weighted by Gasteiger charge is 2.34. The SMILES string of the molecule is CC(C)CN(C1CCN(C(=O)C(Cc2ccc(Cl)cc2)NC(=O)CC(N)c2cccnc2)CC1)N1CCN(C)CC1. The zero-order chi connectivity index (χ0) is 29.4. The third-order valence-corrected chi connectivity index (χ3v) is 8.35. The molecule has 10 heteroatoms. The Hall–Kier alpha value is -2.56. The van der Waals surface area contributed by atoms with Crippen LogP contribution in [0.2, 0.25) is 5.02 Å². The van der Waals surface area contributed by atoms with Gasteiger partial charge in [0.15, 0.2) is 0 Å². The minimum absolute atomic E-state index is 0.0447. The van der Waals surface area contributed by atoms with Crippen LogP contribution in [0.15, 0.2) is 48.8 Å². The van der Waals surface area contributed by atoms with Gasteiger partial charge in [0.1, 0.15) is 6.04 Å². The number of likely N-dealkylation sites (tertiary alicyclic amines) is 1. The smallest absolute Gasteiger partial charge is 0.245 e. The van der Waals surface area contributed by atoms with Crippen molar-refractivity contribution in [2.75, 3.05) is 52.9 Å². The maximum Gasteiger partial charge on any atom is 0.245 e. The summed E-state index contributed by atoms with van der Waals surface area (Å²) >= 11 is 6.09. The van der Waals surface area contributed by atoms with Gasteiger partial charge in [0, 0.05) is 88.2 Å². The Morgan fingerprint density at radius 1 is 1.07 bits per heavy atom. The minimum Gasteiger partial charge on any atom is -0.344 e. The number of carbonyl (C=O) groups excluding carboxylic acids is 2. The van der Waals surface area contributed by atoms with Crippen molar-refractivity contribution in [1.82, 2.24) is 30.1 Å². The number of aromatic nitrogens is 1. The van der Waals surface area contributed by atoms with Crippen LogP contribution in [0.4, 0.5) is 0 Å². The molecule has 2 fully saturated rings. The molecule has 2 saturated heterocycles. The number of pyridine rings is 1. The average molecular weight is 584 g/mol. The molecule has 2 atom stereocenters. The van der Waals surface area contributed by atoms with Crippen LogP contribution in [0, 0.1) is 5.92 Å². The maximum absolute atomic E-state index is 13.9. The first-order valence-corrected chi connectivity index (χ1v) is 15.3. The molecule has 0 aliphatic carbocycles. The van der Waals surface area contributed by atoms with Gasteiger partial charge in [-0.15, -0.1) is 0 Å². The Bertz CT molecular complexity index is 1100. The van der Waals surface area contributed by atoms with Gasteiger partial charge >= 0.3 is 0 Å². The lowest BCUT2D eigenvalue weighted by Gasteiger charge is -2.47. The zero-order valence-electron chi connectivity index (χ0n) is 24.7. The van der Waals surface area contributed by atoms with E-state index in [0.717, 1.165) is 56.7 Å². The number of piperidine rings is 1. The van der Waals surface area contributed by atoms with Crippen LogP contribution < -0.4 is 11.1 Å². The third kappa shape index (κ3) is 9.21. The number of rotatable bonds is 11. The zero-order valence-corrected chi connectivity index (χ0v) is 25.5. The average Bonchev–Trinajstić information content (AvgIpc) is 2.97. The number of nitrogens with two attached hydrogens (primary N) is 1. The molecule has 0 saturated carbocycles. The highest BCUT2D eigenvalue weighted by Crippen LogP contribution is 2.23. The number of nitrogens with zero attached hydrogens (tertiary/aromatic N) is 5. The topological polar surface area (TPSA) is 98.0 Å². The van der Waals surface area contributed by atoms with Gasteiger partial charge in [0.2, 0.25) is 11.8 Å². The fraction of sp³-hybridized carbons (Fsp3) is 0.581. The van der Waals surface area contributed by atoms with E-state index in [1.54, 1.807) is 18.5 Å². The predicted octanol–water partition coefficient (Wildman–Crippen LogP) is 2.96. The summed E-state index contributed by atoms with van der Waals surface area (Å²) in [7, 11) is 2.18. The van der Waals surface area contributed by atoms with Gasteiger partial charge in [-0.1, -0.05) is 43.6 Å². The lowest BCUT2D eigenvalue weighted by Crippen LogP contribution is -2.60. The van der Waals surface area contributed by atoms with Crippen LogP contribution in [-0.4, -0.2) is 102 Å². The van der Waals surface area contributed by atoms with Crippen molar-refractivity contribution in [3.05, 3.63) is 64.9 Å². The van der Waals surface area contributed by atoms with Crippen molar-refractivity contribution in [2.45, 2.75) is 57.7 Å². The summed E-state index contributed by atoms with van der Waals surface area (Å²) in [5.74, 6) is 0.268. The summed E-state index contributed by atoms with van der Waals surface area (Å²) in [6.07, 6.45) is 5.64. The number of carbonyl (C=O) groups is 2. The van der Waals surface area contributed by atoms with Gasteiger partial charge in [-0.05, 0) is 55.1 Å². The molecule has 2 aliphatic heterocycles. The Morgan fingerprint density at radius 2 is 1.76 bits per heavy atom. The highest BCUT2D eigenvalue weighted by atomic mass is 35.5. The standard InChI is InChI=1S/C31H46ClN7O2/c1-23(2)22-39(38-17-15-36(3)16-18-38)27-10-13-37(14-11-27)31(41)29(19-24-6-8-26(32)9-7-24)35-30(40)20-28(33)25-5-4-12-34-21-25/h4-9,12,21,23,27-29H,10-11,13-20,22,33H2,1-3H3,(H,35,40). The van der Waals surface area contributed by atoms with Crippen molar-refractivity contribution < 1.29 is 9.59 Å². The van der Waals surface area contributed by atoms with Gasteiger partial charge in [-0.3, -0.25) is 14.6 Å². The maximum atomic E-state index is 13.9. The molecule has 2 unspecified atom stereocenters. The van der Waals surface area contributed by atoms with Crippen molar-refractivity contribution >= 4 is 23.4 Å². The number of likely N-dealkylation sites (N-methyl/N-ethyl adjacent to an activating group) is 1. The normalized spacial score (nSPS) is 19.0. The summed E-state index contributed by atoms with van der Waals surface area (Å²) in [6.45, 7) is 11.1. The lowest BCUT2D eigenvalue weighted by atomic mass is 9.99. The van der Waals surface area contributed by atoms with E-state index in [9.17, 15) is 9.59 Å². The molecular formula is C31H46ClN7O2.